The van der Waals surface area contributed by atoms with Crippen molar-refractivity contribution in [2.24, 2.45) is 0 Å². The highest BCUT2D eigenvalue weighted by Crippen LogP contribution is 2.34. The highest BCUT2D eigenvalue weighted by molar-refractivity contribution is 5.66. The summed E-state index contributed by atoms with van der Waals surface area (Å²) in [5, 5.41) is 4.42. The molecule has 130 valence electrons. The molecular weight excluding hydrogens is 326 g/mol. The van der Waals surface area contributed by atoms with Crippen LogP contribution in [0.3, 0.4) is 0 Å². The highest BCUT2D eigenvalue weighted by Gasteiger charge is 2.28. The van der Waals surface area contributed by atoms with Crippen molar-refractivity contribution in [3.8, 4) is 11.3 Å². The van der Waals surface area contributed by atoms with Crippen LogP contribution >= 0.6 is 0 Å². The van der Waals surface area contributed by atoms with E-state index in [9.17, 15) is 0 Å². The number of H-pyrrole nitrogens is 1. The molecule has 0 amide bonds. The van der Waals surface area contributed by atoms with E-state index in [4.69, 9.17) is 0 Å². The van der Waals surface area contributed by atoms with Crippen LogP contribution in [0.25, 0.3) is 17.0 Å². The number of aromatic amines is 1. The Bertz CT molecular complexity index is 1010. The summed E-state index contributed by atoms with van der Waals surface area (Å²) in [6.45, 7) is 0.957. The maximum atomic E-state index is 4.69. The monoisotopic (exact) mass is 345 g/mol. The average Bonchev–Trinajstić information content (AvgIpc) is 3.40. The van der Waals surface area contributed by atoms with Gasteiger partial charge in [0.05, 0.1) is 11.7 Å². The van der Waals surface area contributed by atoms with Gasteiger partial charge in [0.1, 0.15) is 18.0 Å². The second-order valence-corrected chi connectivity index (χ2v) is 6.52. The van der Waals surface area contributed by atoms with Gasteiger partial charge in [-0.15, -0.1) is 0 Å². The van der Waals surface area contributed by atoms with E-state index in [2.05, 4.69) is 48.1 Å². The third-order valence-corrected chi connectivity index (χ3v) is 4.93. The van der Waals surface area contributed by atoms with Gasteiger partial charge in [0.2, 0.25) is 0 Å². The average molecular weight is 345 g/mol. The third-order valence-electron chi connectivity index (χ3n) is 4.93. The number of aromatic nitrogens is 6. The van der Waals surface area contributed by atoms with E-state index in [1.54, 1.807) is 6.33 Å². The molecule has 5 rings (SSSR count). The molecule has 0 spiro atoms. The van der Waals surface area contributed by atoms with Crippen LogP contribution in [-0.2, 0) is 0 Å². The number of benzene rings is 1. The van der Waals surface area contributed by atoms with Crippen molar-refractivity contribution >= 4 is 11.6 Å². The maximum absolute atomic E-state index is 4.69. The molecule has 0 aliphatic carbocycles. The zero-order chi connectivity index (χ0) is 17.3. The van der Waals surface area contributed by atoms with Crippen LogP contribution in [0.5, 0.6) is 0 Å². The lowest BCUT2D eigenvalue weighted by atomic mass is 10.0. The van der Waals surface area contributed by atoms with Gasteiger partial charge < -0.3 is 9.88 Å². The third kappa shape index (κ3) is 2.52. The highest BCUT2D eigenvalue weighted by atomic mass is 15.4. The van der Waals surface area contributed by atoms with Crippen LogP contribution < -0.4 is 4.90 Å². The number of hydrogen-bond acceptors (Lipinski definition) is 5. The Labute approximate surface area is 150 Å². The first-order chi connectivity index (χ1) is 12.9. The molecule has 26 heavy (non-hydrogen) atoms. The molecule has 7 heteroatoms. The van der Waals surface area contributed by atoms with Crippen LogP contribution in [0.1, 0.15) is 31.1 Å². The Kier molecular flexibility index (Phi) is 3.62. The van der Waals surface area contributed by atoms with Gasteiger partial charge >= 0.3 is 0 Å². The van der Waals surface area contributed by atoms with E-state index < -0.39 is 0 Å². The molecule has 1 N–H and O–H groups in total. The number of nitrogens with one attached hydrogen (secondary N) is 1. The number of nitrogens with zero attached hydrogens (tertiary/aromatic N) is 6. The second kappa shape index (κ2) is 6.25. The minimum Gasteiger partial charge on any atom is -0.347 e. The first-order valence-corrected chi connectivity index (χ1v) is 8.92. The van der Waals surface area contributed by atoms with E-state index in [0.717, 1.165) is 42.3 Å². The van der Waals surface area contributed by atoms with Crippen LogP contribution in [0, 0.1) is 0 Å². The lowest BCUT2D eigenvalue weighted by Crippen LogP contribution is -2.35. The molecule has 1 saturated heterocycles. The zero-order valence-corrected chi connectivity index (χ0v) is 14.3. The molecular formula is C19H19N7. The number of hydrogen-bond donors (Lipinski definition) is 1. The predicted molar refractivity (Wildman–Crippen MR) is 98.7 cm³/mol. The molecule has 1 aliphatic rings. The number of anilines is 1. The molecule has 1 atom stereocenters. The number of rotatable bonds is 3. The summed E-state index contributed by atoms with van der Waals surface area (Å²) in [6.07, 6.45) is 8.67. The molecule has 1 aliphatic heterocycles. The molecule has 0 saturated carbocycles. The molecule has 1 aromatic carbocycles. The Morgan fingerprint density at radius 3 is 2.85 bits per heavy atom. The summed E-state index contributed by atoms with van der Waals surface area (Å²) >= 11 is 0. The SMILES string of the molecule is c1ccc(-c2cc(N3CCCCC3c3ncc[nH]3)n3ncnc3n2)cc1. The number of piperidine rings is 1. The van der Waals surface area contributed by atoms with Crippen LogP contribution in [0.2, 0.25) is 0 Å². The molecule has 1 unspecified atom stereocenters. The summed E-state index contributed by atoms with van der Waals surface area (Å²) in [5.74, 6) is 2.62. The quantitative estimate of drug-likeness (QED) is 0.617. The lowest BCUT2D eigenvalue weighted by Gasteiger charge is -2.36. The Balaban J connectivity index is 1.66. The van der Waals surface area contributed by atoms with Crippen LogP contribution in [0.15, 0.2) is 55.1 Å². The van der Waals surface area contributed by atoms with Crippen molar-refractivity contribution in [3.05, 3.63) is 60.9 Å². The molecule has 4 heterocycles. The van der Waals surface area contributed by atoms with Gasteiger partial charge in [-0.25, -0.2) is 9.97 Å². The largest absolute Gasteiger partial charge is 0.347 e. The smallest absolute Gasteiger partial charge is 0.254 e. The van der Waals surface area contributed by atoms with Gasteiger partial charge in [0, 0.05) is 30.6 Å². The van der Waals surface area contributed by atoms with Gasteiger partial charge in [0.15, 0.2) is 0 Å². The van der Waals surface area contributed by atoms with E-state index in [0.29, 0.717) is 5.78 Å². The lowest BCUT2D eigenvalue weighted by molar-refractivity contribution is 0.452. The minimum atomic E-state index is 0.206. The molecule has 1 fully saturated rings. The van der Waals surface area contributed by atoms with Crippen molar-refractivity contribution in [1.82, 2.24) is 29.5 Å². The second-order valence-electron chi connectivity index (χ2n) is 6.52. The van der Waals surface area contributed by atoms with Crippen LogP contribution in [-0.4, -0.2) is 36.1 Å². The van der Waals surface area contributed by atoms with Crippen molar-refractivity contribution in [2.45, 2.75) is 25.3 Å². The molecule has 0 bridgehead atoms. The van der Waals surface area contributed by atoms with E-state index in [1.807, 2.05) is 35.1 Å². The predicted octanol–water partition coefficient (Wildman–Crippen LogP) is 3.25. The fourth-order valence-electron chi connectivity index (χ4n) is 3.71. The van der Waals surface area contributed by atoms with E-state index in [1.165, 1.54) is 6.42 Å². The van der Waals surface area contributed by atoms with Crippen molar-refractivity contribution in [1.29, 1.82) is 0 Å². The van der Waals surface area contributed by atoms with E-state index >= 15 is 0 Å². The van der Waals surface area contributed by atoms with E-state index in [-0.39, 0.29) is 6.04 Å². The van der Waals surface area contributed by atoms with Gasteiger partial charge in [0.25, 0.3) is 5.78 Å². The maximum Gasteiger partial charge on any atom is 0.254 e. The molecule has 0 radical (unpaired) electrons. The molecule has 4 aromatic rings. The first-order valence-electron chi connectivity index (χ1n) is 8.92. The summed E-state index contributed by atoms with van der Waals surface area (Å²) in [4.78, 5) is 19.2. The van der Waals surface area contributed by atoms with Gasteiger partial charge in [-0.05, 0) is 19.3 Å². The fourth-order valence-corrected chi connectivity index (χ4v) is 3.71. The first kappa shape index (κ1) is 15.1. The Morgan fingerprint density at radius 1 is 1.08 bits per heavy atom. The van der Waals surface area contributed by atoms with Crippen LogP contribution in [0.4, 0.5) is 5.82 Å². The normalized spacial score (nSPS) is 17.7. The number of imidazole rings is 1. The summed E-state index contributed by atoms with van der Waals surface area (Å²) in [7, 11) is 0. The van der Waals surface area contributed by atoms with Crippen molar-refractivity contribution in [2.75, 3.05) is 11.4 Å². The van der Waals surface area contributed by atoms with Crippen molar-refractivity contribution in [3.63, 3.8) is 0 Å². The van der Waals surface area contributed by atoms with Gasteiger partial charge in [-0.2, -0.15) is 14.6 Å². The van der Waals surface area contributed by atoms with Gasteiger partial charge in [-0.1, -0.05) is 30.3 Å². The Morgan fingerprint density at radius 2 is 2.00 bits per heavy atom. The number of fused-ring (bicyclic) bond motifs is 1. The molecule has 7 nitrogen and oxygen atoms in total. The van der Waals surface area contributed by atoms with Crippen molar-refractivity contribution < 1.29 is 0 Å². The Hall–Kier alpha value is -3.22. The topological polar surface area (TPSA) is 75.0 Å². The summed E-state index contributed by atoms with van der Waals surface area (Å²) < 4.78 is 1.83. The van der Waals surface area contributed by atoms with Gasteiger partial charge in [-0.3, -0.25) is 0 Å². The molecule has 3 aromatic heterocycles. The minimum absolute atomic E-state index is 0.206. The zero-order valence-electron chi connectivity index (χ0n) is 14.3. The standard InChI is InChI=1S/C19H19N7/c1-2-6-14(7-3-1)15-12-17(26-19(24-15)22-13-23-26)25-11-5-4-8-16(25)18-20-9-10-21-18/h1-3,6-7,9-10,12-13,16H,4-5,8,11H2,(H,20,21). The fraction of sp³-hybridized carbons (Fsp3) is 0.263. The summed E-state index contributed by atoms with van der Waals surface area (Å²) in [5.41, 5.74) is 1.98. The summed E-state index contributed by atoms with van der Waals surface area (Å²) in [6, 6.07) is 12.5.